The zero-order chi connectivity index (χ0) is 20.1. The molecule has 9 heteroatoms. The van der Waals surface area contributed by atoms with Gasteiger partial charge in [0.15, 0.2) is 17.9 Å². The van der Waals surface area contributed by atoms with E-state index in [0.29, 0.717) is 30.6 Å². The Bertz CT molecular complexity index is 957. The summed E-state index contributed by atoms with van der Waals surface area (Å²) >= 11 is 0. The second-order valence-electron chi connectivity index (χ2n) is 6.82. The van der Waals surface area contributed by atoms with Crippen LogP contribution in [0.1, 0.15) is 47.2 Å². The van der Waals surface area contributed by atoms with Crippen molar-refractivity contribution < 1.29 is 48.9 Å². The third-order valence-corrected chi connectivity index (χ3v) is 4.70. The molecule has 150 valence electrons. The first-order valence-electron chi connectivity index (χ1n) is 9.57. The Morgan fingerprint density at radius 3 is 2.67 bits per heavy atom. The van der Waals surface area contributed by atoms with Gasteiger partial charge in [-0.3, -0.25) is 4.98 Å². The first kappa shape index (κ1) is 22.6. The van der Waals surface area contributed by atoms with Crippen LogP contribution in [0.4, 0.5) is 0 Å². The van der Waals surface area contributed by atoms with Crippen LogP contribution in [0.2, 0.25) is 0 Å². The Hall–Kier alpha value is -2.10. The maximum Gasteiger partial charge on any atom is 1.00 e. The SMILES string of the molecule is O=C([O-])c1ccc(-c2nc(COCc3ccccc3)n(C3CCCCO3)n2)nc1.[Na+]. The number of hydrogen-bond acceptors (Lipinski definition) is 7. The fourth-order valence-corrected chi connectivity index (χ4v) is 3.19. The standard InChI is InChI=1S/C21H22N4O4.Na/c26-21(27)16-9-10-17(22-12-16)20-23-18(14-28-13-15-6-2-1-3-7-15)25(24-20)19-8-4-5-11-29-19;/h1-3,6-7,9-10,12,19H,4-5,8,11,13-14H2,(H,26,27);/q;+1/p-1. The van der Waals surface area contributed by atoms with Gasteiger partial charge in [0.1, 0.15) is 12.3 Å². The van der Waals surface area contributed by atoms with Gasteiger partial charge in [-0.05, 0) is 37.0 Å². The molecule has 3 aromatic rings. The number of pyridine rings is 1. The van der Waals surface area contributed by atoms with Gasteiger partial charge in [0.25, 0.3) is 0 Å². The predicted octanol–water partition coefficient (Wildman–Crippen LogP) is -0.876. The van der Waals surface area contributed by atoms with E-state index in [1.807, 2.05) is 30.3 Å². The average Bonchev–Trinajstić information content (AvgIpc) is 3.19. The summed E-state index contributed by atoms with van der Waals surface area (Å²) < 4.78 is 13.5. The topological polar surface area (TPSA) is 102 Å². The van der Waals surface area contributed by atoms with Crippen molar-refractivity contribution in [2.45, 2.75) is 38.7 Å². The summed E-state index contributed by atoms with van der Waals surface area (Å²) in [6.07, 6.45) is 4.00. The minimum absolute atomic E-state index is 0. The van der Waals surface area contributed by atoms with Crippen molar-refractivity contribution in [3.8, 4) is 11.5 Å². The van der Waals surface area contributed by atoms with E-state index in [0.717, 1.165) is 24.8 Å². The molecule has 1 atom stereocenters. The molecule has 0 aliphatic carbocycles. The number of hydrogen-bond donors (Lipinski definition) is 0. The van der Waals surface area contributed by atoms with Gasteiger partial charge in [0.05, 0.1) is 12.6 Å². The van der Waals surface area contributed by atoms with Crippen molar-refractivity contribution in [3.05, 3.63) is 65.6 Å². The first-order valence-corrected chi connectivity index (χ1v) is 9.57. The number of aromatic nitrogens is 4. The fourth-order valence-electron chi connectivity index (χ4n) is 3.19. The van der Waals surface area contributed by atoms with Crippen LogP contribution in [0.3, 0.4) is 0 Å². The fraction of sp³-hybridized carbons (Fsp3) is 0.333. The molecule has 1 aromatic carbocycles. The largest absolute Gasteiger partial charge is 1.00 e. The Kier molecular flexibility index (Phi) is 8.12. The van der Waals surface area contributed by atoms with Gasteiger partial charge in [0.2, 0.25) is 0 Å². The molecule has 1 fully saturated rings. The van der Waals surface area contributed by atoms with Crippen LogP contribution in [0.25, 0.3) is 11.5 Å². The minimum atomic E-state index is -1.27. The van der Waals surface area contributed by atoms with Gasteiger partial charge >= 0.3 is 29.6 Å². The number of carboxylic acid groups (broad SMARTS) is 1. The molecule has 8 nitrogen and oxygen atoms in total. The third kappa shape index (κ3) is 5.53. The number of benzene rings is 1. The summed E-state index contributed by atoms with van der Waals surface area (Å²) in [6.45, 7) is 1.43. The minimum Gasteiger partial charge on any atom is -0.545 e. The zero-order valence-corrected chi connectivity index (χ0v) is 18.9. The average molecular weight is 416 g/mol. The van der Waals surface area contributed by atoms with Crippen LogP contribution in [-0.2, 0) is 22.7 Å². The van der Waals surface area contributed by atoms with Gasteiger partial charge in [-0.15, -0.1) is 5.10 Å². The summed E-state index contributed by atoms with van der Waals surface area (Å²) in [5.41, 5.74) is 1.57. The second kappa shape index (κ2) is 10.8. The molecule has 0 radical (unpaired) electrons. The van der Waals surface area contributed by atoms with E-state index in [1.165, 1.54) is 12.3 Å². The van der Waals surface area contributed by atoms with Crippen LogP contribution in [0.15, 0.2) is 48.7 Å². The van der Waals surface area contributed by atoms with Crippen molar-refractivity contribution in [2.24, 2.45) is 0 Å². The van der Waals surface area contributed by atoms with Crippen LogP contribution in [0, 0.1) is 0 Å². The molecule has 0 bridgehead atoms. The first-order chi connectivity index (χ1) is 14.2. The number of rotatable bonds is 7. The molecule has 30 heavy (non-hydrogen) atoms. The Balaban J connectivity index is 0.00000256. The van der Waals surface area contributed by atoms with Crippen molar-refractivity contribution >= 4 is 5.97 Å². The third-order valence-electron chi connectivity index (χ3n) is 4.70. The van der Waals surface area contributed by atoms with Gasteiger partial charge in [-0.1, -0.05) is 30.3 Å². The number of carbonyl (C=O) groups is 1. The van der Waals surface area contributed by atoms with Crippen LogP contribution >= 0.6 is 0 Å². The molecule has 3 heterocycles. The molecule has 0 amide bonds. The summed E-state index contributed by atoms with van der Waals surface area (Å²) in [7, 11) is 0. The van der Waals surface area contributed by atoms with Crippen molar-refractivity contribution in [1.29, 1.82) is 0 Å². The number of aromatic carboxylic acids is 1. The predicted molar refractivity (Wildman–Crippen MR) is 101 cm³/mol. The van der Waals surface area contributed by atoms with Crippen molar-refractivity contribution in [3.63, 3.8) is 0 Å². The molecular weight excluding hydrogens is 395 g/mol. The smallest absolute Gasteiger partial charge is 0.545 e. The molecular formula is C21H21N4NaO4. The van der Waals surface area contributed by atoms with E-state index in [-0.39, 0.29) is 48.0 Å². The van der Waals surface area contributed by atoms with E-state index >= 15 is 0 Å². The number of nitrogens with zero attached hydrogens (tertiary/aromatic N) is 4. The van der Waals surface area contributed by atoms with Crippen molar-refractivity contribution in [1.82, 2.24) is 19.7 Å². The maximum atomic E-state index is 10.9. The molecule has 0 N–H and O–H groups in total. The Morgan fingerprint density at radius 2 is 2.00 bits per heavy atom. The van der Waals surface area contributed by atoms with Crippen LogP contribution in [-0.4, -0.2) is 32.3 Å². The van der Waals surface area contributed by atoms with E-state index in [2.05, 4.69) is 15.1 Å². The summed E-state index contributed by atoms with van der Waals surface area (Å²) in [4.78, 5) is 19.7. The van der Waals surface area contributed by atoms with Crippen LogP contribution in [0.5, 0.6) is 0 Å². The summed E-state index contributed by atoms with van der Waals surface area (Å²) in [5.74, 6) is -0.218. The van der Waals surface area contributed by atoms with Crippen molar-refractivity contribution in [2.75, 3.05) is 6.61 Å². The normalized spacial score (nSPS) is 16.1. The molecule has 0 spiro atoms. The summed E-state index contributed by atoms with van der Waals surface area (Å²) in [6, 6.07) is 12.9. The van der Waals surface area contributed by atoms with Gasteiger partial charge in [-0.2, -0.15) is 0 Å². The molecule has 2 aromatic heterocycles. The van der Waals surface area contributed by atoms with Gasteiger partial charge in [-0.25, -0.2) is 9.67 Å². The Morgan fingerprint density at radius 1 is 1.17 bits per heavy atom. The summed E-state index contributed by atoms with van der Waals surface area (Å²) in [5, 5.41) is 15.5. The van der Waals surface area contributed by atoms with E-state index in [9.17, 15) is 9.90 Å². The van der Waals surface area contributed by atoms with E-state index < -0.39 is 5.97 Å². The molecule has 4 rings (SSSR count). The maximum absolute atomic E-state index is 10.9. The number of carboxylic acids is 1. The second-order valence-corrected chi connectivity index (χ2v) is 6.82. The molecule has 1 aliphatic rings. The van der Waals surface area contributed by atoms with Crippen LogP contribution < -0.4 is 34.7 Å². The monoisotopic (exact) mass is 416 g/mol. The molecule has 1 saturated heterocycles. The number of ether oxygens (including phenoxy) is 2. The van der Waals surface area contributed by atoms with Gasteiger partial charge < -0.3 is 19.4 Å². The quantitative estimate of drug-likeness (QED) is 0.461. The zero-order valence-electron chi connectivity index (χ0n) is 16.9. The number of carbonyl (C=O) groups excluding carboxylic acids is 1. The Labute approximate surface area is 196 Å². The molecule has 1 unspecified atom stereocenters. The van der Waals surface area contributed by atoms with Gasteiger partial charge in [0, 0.05) is 18.4 Å². The molecule has 1 aliphatic heterocycles. The molecule has 0 saturated carbocycles. The van der Waals surface area contributed by atoms with E-state index in [1.54, 1.807) is 10.7 Å². The van der Waals surface area contributed by atoms with E-state index in [4.69, 9.17) is 9.47 Å².